The Labute approximate surface area is 119 Å². The predicted molar refractivity (Wildman–Crippen MR) is 81.3 cm³/mol. The van der Waals surface area contributed by atoms with Gasteiger partial charge in [0.1, 0.15) is 0 Å². The third-order valence-corrected chi connectivity index (χ3v) is 6.60. The van der Waals surface area contributed by atoms with E-state index in [0.717, 1.165) is 25.5 Å². The molecule has 19 heavy (non-hydrogen) atoms. The Balaban J connectivity index is 1.92. The smallest absolute Gasteiger partial charge is 0.0467 e. The minimum atomic E-state index is 0.332. The zero-order chi connectivity index (χ0) is 14.3. The molecule has 3 unspecified atom stereocenters. The monoisotopic (exact) mass is 267 g/mol. The molecule has 2 bridgehead atoms. The van der Waals surface area contributed by atoms with Gasteiger partial charge in [-0.1, -0.05) is 34.6 Å². The van der Waals surface area contributed by atoms with Crippen molar-refractivity contribution in [3.8, 4) is 0 Å². The summed E-state index contributed by atoms with van der Waals surface area (Å²) in [6.07, 6.45) is 5.35. The van der Waals surface area contributed by atoms with E-state index in [9.17, 15) is 0 Å². The molecule has 0 amide bonds. The lowest BCUT2D eigenvalue weighted by atomic mass is 9.69. The molecule has 2 fully saturated rings. The Hall–Kier alpha value is -0.0800. The molecule has 112 valence electrons. The van der Waals surface area contributed by atoms with Crippen molar-refractivity contribution in [3.63, 3.8) is 0 Å². The van der Waals surface area contributed by atoms with E-state index in [0.29, 0.717) is 22.3 Å². The van der Waals surface area contributed by atoms with E-state index in [1.165, 1.54) is 19.3 Å². The maximum absolute atomic E-state index is 5.22. The van der Waals surface area contributed by atoms with Crippen LogP contribution in [0.25, 0.3) is 0 Å². The van der Waals surface area contributed by atoms with Crippen LogP contribution < -0.4 is 5.32 Å². The highest BCUT2D eigenvalue weighted by Gasteiger charge is 2.61. The predicted octanol–water partition coefficient (Wildman–Crippen LogP) is 3.85. The van der Waals surface area contributed by atoms with Gasteiger partial charge in [-0.05, 0) is 47.8 Å². The summed E-state index contributed by atoms with van der Waals surface area (Å²) in [6, 6.07) is 0.711. The summed E-state index contributed by atoms with van der Waals surface area (Å²) in [5.41, 5.74) is 1.34. The molecule has 2 saturated carbocycles. The summed E-state index contributed by atoms with van der Waals surface area (Å²) in [6.45, 7) is 14.2. The van der Waals surface area contributed by atoms with Gasteiger partial charge in [0, 0.05) is 26.3 Å². The molecule has 1 N–H and O–H groups in total. The third kappa shape index (κ3) is 2.58. The van der Waals surface area contributed by atoms with E-state index in [2.05, 4.69) is 39.9 Å². The van der Waals surface area contributed by atoms with Crippen molar-refractivity contribution in [1.82, 2.24) is 5.32 Å². The van der Waals surface area contributed by atoms with Crippen molar-refractivity contribution in [3.05, 3.63) is 0 Å². The fourth-order valence-electron chi connectivity index (χ4n) is 4.38. The highest BCUT2D eigenvalue weighted by atomic mass is 16.5. The SMILES string of the molecule is COCCC(C)(C)CNC1CC2CCC1(C)C2(C)C. The Morgan fingerprint density at radius 1 is 1.26 bits per heavy atom. The number of fused-ring (bicyclic) bond motifs is 2. The number of rotatable bonds is 6. The number of hydrogen-bond acceptors (Lipinski definition) is 2. The van der Waals surface area contributed by atoms with E-state index in [-0.39, 0.29) is 0 Å². The van der Waals surface area contributed by atoms with E-state index in [4.69, 9.17) is 4.74 Å². The lowest BCUT2D eigenvalue weighted by Crippen LogP contribution is -2.47. The second kappa shape index (κ2) is 5.04. The third-order valence-electron chi connectivity index (χ3n) is 6.60. The molecule has 0 aromatic carbocycles. The van der Waals surface area contributed by atoms with Crippen molar-refractivity contribution < 1.29 is 4.74 Å². The summed E-state index contributed by atoms with van der Waals surface area (Å²) < 4.78 is 5.22. The summed E-state index contributed by atoms with van der Waals surface area (Å²) in [5, 5.41) is 3.90. The van der Waals surface area contributed by atoms with Gasteiger partial charge in [-0.3, -0.25) is 0 Å². The normalized spacial score (nSPS) is 36.9. The standard InChI is InChI=1S/C17H33NO/c1-15(2,9-10-19-6)12-18-14-11-13-7-8-17(14,5)16(13,3)4/h13-14,18H,7-12H2,1-6H3. The molecule has 2 nitrogen and oxygen atoms in total. The maximum Gasteiger partial charge on any atom is 0.0467 e. The fourth-order valence-corrected chi connectivity index (χ4v) is 4.38. The van der Waals surface area contributed by atoms with Crippen LogP contribution in [0.1, 0.15) is 60.3 Å². The second-order valence-corrected chi connectivity index (χ2v) is 8.45. The molecule has 3 atom stereocenters. The first-order valence-corrected chi connectivity index (χ1v) is 7.95. The van der Waals surface area contributed by atoms with Crippen LogP contribution >= 0.6 is 0 Å². The molecule has 0 aromatic rings. The minimum Gasteiger partial charge on any atom is -0.385 e. The summed E-state index contributed by atoms with van der Waals surface area (Å²) >= 11 is 0. The maximum atomic E-state index is 5.22. The minimum absolute atomic E-state index is 0.332. The quantitative estimate of drug-likeness (QED) is 0.789. The summed E-state index contributed by atoms with van der Waals surface area (Å²) in [7, 11) is 1.79. The van der Waals surface area contributed by atoms with Crippen molar-refractivity contribution in [2.75, 3.05) is 20.3 Å². The zero-order valence-corrected chi connectivity index (χ0v) is 13.8. The van der Waals surface area contributed by atoms with Crippen molar-refractivity contribution >= 4 is 0 Å². The molecule has 0 aromatic heterocycles. The molecule has 2 rings (SSSR count). The largest absolute Gasteiger partial charge is 0.385 e. The Kier molecular flexibility index (Phi) is 4.06. The van der Waals surface area contributed by atoms with E-state index < -0.39 is 0 Å². The first-order chi connectivity index (χ1) is 8.73. The fraction of sp³-hybridized carbons (Fsp3) is 1.00. The number of hydrogen-bond donors (Lipinski definition) is 1. The van der Waals surface area contributed by atoms with Gasteiger partial charge in [0.15, 0.2) is 0 Å². The van der Waals surface area contributed by atoms with Gasteiger partial charge in [-0.15, -0.1) is 0 Å². The van der Waals surface area contributed by atoms with Gasteiger partial charge >= 0.3 is 0 Å². The molecule has 0 heterocycles. The Bertz CT molecular complexity index is 323. The van der Waals surface area contributed by atoms with Gasteiger partial charge in [-0.25, -0.2) is 0 Å². The molecular weight excluding hydrogens is 234 g/mol. The molecule has 2 aliphatic rings. The highest BCUT2D eigenvalue weighted by Crippen LogP contribution is 2.65. The molecule has 2 heteroatoms. The van der Waals surface area contributed by atoms with Crippen LogP contribution in [-0.4, -0.2) is 26.3 Å². The first-order valence-electron chi connectivity index (χ1n) is 7.95. The van der Waals surface area contributed by atoms with Gasteiger partial charge in [0.05, 0.1) is 0 Å². The van der Waals surface area contributed by atoms with Crippen molar-refractivity contribution in [2.45, 2.75) is 66.3 Å². The topological polar surface area (TPSA) is 21.3 Å². The van der Waals surface area contributed by atoms with Crippen LogP contribution in [0.4, 0.5) is 0 Å². The highest BCUT2D eigenvalue weighted by molar-refractivity contribution is 5.13. The van der Waals surface area contributed by atoms with Gasteiger partial charge in [-0.2, -0.15) is 0 Å². The Morgan fingerprint density at radius 2 is 1.95 bits per heavy atom. The molecule has 0 saturated heterocycles. The summed E-state index contributed by atoms with van der Waals surface area (Å²) in [4.78, 5) is 0. The van der Waals surface area contributed by atoms with Gasteiger partial charge in [0.2, 0.25) is 0 Å². The number of methoxy groups -OCH3 is 1. The van der Waals surface area contributed by atoms with Crippen LogP contribution in [0.5, 0.6) is 0 Å². The average Bonchev–Trinajstić information content (AvgIpc) is 2.66. The Morgan fingerprint density at radius 3 is 2.42 bits per heavy atom. The molecule has 2 aliphatic carbocycles. The van der Waals surface area contributed by atoms with Crippen molar-refractivity contribution in [2.24, 2.45) is 22.2 Å². The lowest BCUT2D eigenvalue weighted by Gasteiger charge is -2.41. The molecular formula is C17H33NO. The lowest BCUT2D eigenvalue weighted by molar-refractivity contribution is 0.107. The number of ether oxygens (including phenoxy) is 1. The number of nitrogens with one attached hydrogen (secondary N) is 1. The van der Waals surface area contributed by atoms with Crippen LogP contribution in [0.15, 0.2) is 0 Å². The summed E-state index contributed by atoms with van der Waals surface area (Å²) in [5.74, 6) is 0.928. The molecule has 0 aliphatic heterocycles. The van der Waals surface area contributed by atoms with Crippen LogP contribution in [0.2, 0.25) is 0 Å². The van der Waals surface area contributed by atoms with Crippen LogP contribution in [-0.2, 0) is 4.74 Å². The van der Waals surface area contributed by atoms with Crippen LogP contribution in [0, 0.1) is 22.2 Å². The first kappa shape index (κ1) is 15.3. The zero-order valence-electron chi connectivity index (χ0n) is 13.8. The molecule has 0 spiro atoms. The molecule has 0 radical (unpaired) electrons. The van der Waals surface area contributed by atoms with E-state index in [1.807, 2.05) is 0 Å². The van der Waals surface area contributed by atoms with Crippen LogP contribution in [0.3, 0.4) is 0 Å². The van der Waals surface area contributed by atoms with Crippen molar-refractivity contribution in [1.29, 1.82) is 0 Å². The van der Waals surface area contributed by atoms with E-state index in [1.54, 1.807) is 7.11 Å². The average molecular weight is 267 g/mol. The van der Waals surface area contributed by atoms with E-state index >= 15 is 0 Å². The second-order valence-electron chi connectivity index (χ2n) is 8.45. The van der Waals surface area contributed by atoms with Gasteiger partial charge < -0.3 is 10.1 Å². The van der Waals surface area contributed by atoms with Gasteiger partial charge in [0.25, 0.3) is 0 Å².